The van der Waals surface area contributed by atoms with Crippen molar-refractivity contribution in [3.63, 3.8) is 0 Å². The Bertz CT molecular complexity index is 743. The number of amides is 2. The second-order valence-electron chi connectivity index (χ2n) is 5.72. The molecule has 1 aromatic carbocycles. The highest BCUT2D eigenvalue weighted by Gasteiger charge is 2.16. The molecule has 2 N–H and O–H groups in total. The van der Waals surface area contributed by atoms with Gasteiger partial charge in [0, 0.05) is 5.56 Å². The van der Waals surface area contributed by atoms with E-state index < -0.39 is 11.7 Å². The molecular weight excluding hydrogens is 331 g/mol. The Morgan fingerprint density at radius 2 is 2.00 bits per heavy atom. The van der Waals surface area contributed by atoms with Crippen molar-refractivity contribution >= 4 is 28.2 Å². The molecule has 0 radical (unpaired) electrons. The number of thiophene rings is 1. The Balaban J connectivity index is 2.03. The lowest BCUT2D eigenvalue weighted by molar-refractivity contribution is 0.0211. The van der Waals surface area contributed by atoms with E-state index in [1.807, 2.05) is 13.8 Å². The molecule has 0 aliphatic carbocycles. The number of hydrogen-bond donors (Lipinski definition) is 2. The molecule has 24 heavy (non-hydrogen) atoms. The summed E-state index contributed by atoms with van der Waals surface area (Å²) in [5, 5.41) is 3.18. The predicted molar refractivity (Wildman–Crippen MR) is 91.7 cm³/mol. The van der Waals surface area contributed by atoms with Crippen molar-refractivity contribution in [2.24, 2.45) is 5.92 Å². The number of carbonyl (C=O) groups is 2. The molecular formula is C17H19FN2O3S. The maximum absolute atomic E-state index is 13.2. The van der Waals surface area contributed by atoms with Crippen LogP contribution >= 0.6 is 11.3 Å². The fourth-order valence-electron chi connectivity index (χ4n) is 1.90. The van der Waals surface area contributed by atoms with Crippen molar-refractivity contribution in [3.05, 3.63) is 52.2 Å². The molecule has 0 fully saturated rings. The Labute approximate surface area is 143 Å². The Morgan fingerprint density at radius 1 is 1.25 bits per heavy atom. The molecule has 2 amide bonds. The number of benzene rings is 1. The number of halogens is 1. The zero-order chi connectivity index (χ0) is 17.7. The molecule has 2 aromatic rings. The second kappa shape index (κ2) is 8.03. The third-order valence-electron chi connectivity index (χ3n) is 3.03. The monoisotopic (exact) mass is 350 g/mol. The zero-order valence-corrected chi connectivity index (χ0v) is 14.5. The Morgan fingerprint density at radius 3 is 2.67 bits per heavy atom. The van der Waals surface area contributed by atoms with Gasteiger partial charge in [0.25, 0.3) is 11.8 Å². The van der Waals surface area contributed by atoms with Crippen LogP contribution in [0, 0.1) is 18.7 Å². The van der Waals surface area contributed by atoms with Crippen LogP contribution in [0.5, 0.6) is 0 Å². The quantitative estimate of drug-likeness (QED) is 0.780. The summed E-state index contributed by atoms with van der Waals surface area (Å²) in [6.07, 6.45) is 0. The standard InChI is InChI=1S/C17H19FN2O3S/c1-10(2)9-23-20-17(22)15-11(3)7-14(24-15)19-16(21)12-5-4-6-13(18)8-12/h4-8,10H,9H2,1-3H3,(H,19,21)(H,20,22). The maximum atomic E-state index is 13.2. The minimum Gasteiger partial charge on any atom is -0.314 e. The van der Waals surface area contributed by atoms with E-state index in [0.29, 0.717) is 22.4 Å². The lowest BCUT2D eigenvalue weighted by Crippen LogP contribution is -2.25. The van der Waals surface area contributed by atoms with E-state index in [0.717, 1.165) is 23.0 Å². The summed E-state index contributed by atoms with van der Waals surface area (Å²) in [5.41, 5.74) is 3.32. The van der Waals surface area contributed by atoms with Gasteiger partial charge >= 0.3 is 0 Å². The number of hydroxylamine groups is 1. The maximum Gasteiger partial charge on any atom is 0.285 e. The van der Waals surface area contributed by atoms with Crippen LogP contribution in [-0.4, -0.2) is 18.4 Å². The van der Waals surface area contributed by atoms with Crippen molar-refractivity contribution in [1.82, 2.24) is 5.48 Å². The second-order valence-corrected chi connectivity index (χ2v) is 6.78. The van der Waals surface area contributed by atoms with E-state index in [1.165, 1.54) is 18.2 Å². The first-order valence-electron chi connectivity index (χ1n) is 7.46. The van der Waals surface area contributed by atoms with Crippen molar-refractivity contribution in [1.29, 1.82) is 0 Å². The normalized spacial score (nSPS) is 10.7. The highest BCUT2D eigenvalue weighted by molar-refractivity contribution is 7.18. The Kier molecular flexibility index (Phi) is 6.05. The smallest absolute Gasteiger partial charge is 0.285 e. The number of nitrogens with one attached hydrogen (secondary N) is 2. The third kappa shape index (κ3) is 4.87. The fraction of sp³-hybridized carbons (Fsp3) is 0.294. The SMILES string of the molecule is Cc1cc(NC(=O)c2cccc(F)c2)sc1C(=O)NOCC(C)C. The van der Waals surface area contributed by atoms with Gasteiger partial charge in [0.1, 0.15) is 5.82 Å². The predicted octanol–water partition coefficient (Wildman–Crippen LogP) is 3.77. The number of rotatable bonds is 6. The van der Waals surface area contributed by atoms with Crippen molar-refractivity contribution in [2.75, 3.05) is 11.9 Å². The van der Waals surface area contributed by atoms with E-state index in [9.17, 15) is 14.0 Å². The zero-order valence-electron chi connectivity index (χ0n) is 13.7. The number of aryl methyl sites for hydroxylation is 1. The van der Waals surface area contributed by atoms with Crippen molar-refractivity contribution in [3.8, 4) is 0 Å². The van der Waals surface area contributed by atoms with Crippen LogP contribution in [-0.2, 0) is 4.84 Å². The number of hydrogen-bond acceptors (Lipinski definition) is 4. The molecule has 0 saturated heterocycles. The van der Waals surface area contributed by atoms with Gasteiger partial charge in [-0.1, -0.05) is 19.9 Å². The molecule has 0 unspecified atom stereocenters. The number of carbonyl (C=O) groups excluding carboxylic acids is 2. The van der Waals surface area contributed by atoms with Gasteiger partial charge in [-0.25, -0.2) is 9.87 Å². The van der Waals surface area contributed by atoms with Gasteiger partial charge in [-0.05, 0) is 42.7 Å². The summed E-state index contributed by atoms with van der Waals surface area (Å²) in [7, 11) is 0. The molecule has 2 rings (SSSR count). The lowest BCUT2D eigenvalue weighted by atomic mass is 10.2. The van der Waals surface area contributed by atoms with E-state index in [2.05, 4.69) is 10.8 Å². The first-order chi connectivity index (χ1) is 11.4. The van der Waals surface area contributed by atoms with Gasteiger partial charge in [-0.2, -0.15) is 0 Å². The van der Waals surface area contributed by atoms with Gasteiger partial charge in [0.15, 0.2) is 0 Å². The van der Waals surface area contributed by atoms with Gasteiger partial charge in [0.2, 0.25) is 0 Å². The summed E-state index contributed by atoms with van der Waals surface area (Å²) >= 11 is 1.14. The third-order valence-corrected chi connectivity index (χ3v) is 4.18. The van der Waals surface area contributed by atoms with Crippen LogP contribution in [0.25, 0.3) is 0 Å². The van der Waals surface area contributed by atoms with E-state index in [1.54, 1.807) is 13.0 Å². The molecule has 0 aliphatic rings. The van der Waals surface area contributed by atoms with Gasteiger partial charge < -0.3 is 5.32 Å². The minimum absolute atomic E-state index is 0.215. The fourth-order valence-corrected chi connectivity index (χ4v) is 2.86. The largest absolute Gasteiger partial charge is 0.314 e. The van der Waals surface area contributed by atoms with Gasteiger partial charge in [-0.3, -0.25) is 14.4 Å². The number of anilines is 1. The molecule has 1 aromatic heterocycles. The molecule has 7 heteroatoms. The first kappa shape index (κ1) is 18.1. The average Bonchev–Trinajstić information content (AvgIpc) is 2.87. The topological polar surface area (TPSA) is 67.4 Å². The highest BCUT2D eigenvalue weighted by atomic mass is 32.1. The van der Waals surface area contributed by atoms with Crippen LogP contribution in [0.1, 0.15) is 39.4 Å². The van der Waals surface area contributed by atoms with E-state index in [-0.39, 0.29) is 11.5 Å². The van der Waals surface area contributed by atoms with Gasteiger partial charge in [-0.15, -0.1) is 11.3 Å². The van der Waals surface area contributed by atoms with Gasteiger partial charge in [0.05, 0.1) is 16.5 Å². The van der Waals surface area contributed by atoms with Crippen LogP contribution in [0.3, 0.4) is 0 Å². The summed E-state index contributed by atoms with van der Waals surface area (Å²) in [6, 6.07) is 7.11. The molecule has 128 valence electrons. The lowest BCUT2D eigenvalue weighted by Gasteiger charge is -2.07. The van der Waals surface area contributed by atoms with Crippen LogP contribution in [0.15, 0.2) is 30.3 Å². The van der Waals surface area contributed by atoms with Crippen LogP contribution < -0.4 is 10.8 Å². The summed E-state index contributed by atoms with van der Waals surface area (Å²) < 4.78 is 13.2. The molecule has 0 aliphatic heterocycles. The molecule has 0 spiro atoms. The molecule has 0 saturated carbocycles. The molecule has 5 nitrogen and oxygen atoms in total. The molecule has 0 bridgehead atoms. The van der Waals surface area contributed by atoms with Crippen molar-refractivity contribution in [2.45, 2.75) is 20.8 Å². The van der Waals surface area contributed by atoms with Crippen LogP contribution in [0.4, 0.5) is 9.39 Å². The highest BCUT2D eigenvalue weighted by Crippen LogP contribution is 2.27. The molecule has 1 heterocycles. The average molecular weight is 350 g/mol. The first-order valence-corrected chi connectivity index (χ1v) is 8.28. The van der Waals surface area contributed by atoms with E-state index in [4.69, 9.17) is 4.84 Å². The summed E-state index contributed by atoms with van der Waals surface area (Å²) in [5.74, 6) is -0.966. The minimum atomic E-state index is -0.479. The van der Waals surface area contributed by atoms with Crippen molar-refractivity contribution < 1.29 is 18.8 Å². The Hall–Kier alpha value is -2.25. The van der Waals surface area contributed by atoms with E-state index >= 15 is 0 Å². The summed E-state index contributed by atoms with van der Waals surface area (Å²) in [6.45, 7) is 6.14. The summed E-state index contributed by atoms with van der Waals surface area (Å²) in [4.78, 5) is 29.7. The van der Waals surface area contributed by atoms with Crippen LogP contribution in [0.2, 0.25) is 0 Å². The molecule has 0 atom stereocenters.